The summed E-state index contributed by atoms with van der Waals surface area (Å²) < 4.78 is 2.14. The fourth-order valence-electron chi connectivity index (χ4n) is 2.49. The van der Waals surface area contributed by atoms with E-state index in [0.29, 0.717) is 0 Å². The number of nitrogens with zero attached hydrogens (tertiary/aromatic N) is 3. The zero-order valence-corrected chi connectivity index (χ0v) is 12.0. The summed E-state index contributed by atoms with van der Waals surface area (Å²) in [5.74, 6) is 1.02. The third kappa shape index (κ3) is 2.13. The van der Waals surface area contributed by atoms with Gasteiger partial charge in [0.05, 0.1) is 28.5 Å². The van der Waals surface area contributed by atoms with Crippen LogP contribution in [0.15, 0.2) is 42.6 Å². The number of hydrogen-bond acceptors (Lipinski definition) is 3. The van der Waals surface area contributed by atoms with E-state index in [9.17, 15) is 0 Å². The van der Waals surface area contributed by atoms with Crippen molar-refractivity contribution in [2.75, 3.05) is 5.32 Å². The molecule has 0 radical (unpaired) electrons. The van der Waals surface area contributed by atoms with Crippen LogP contribution >= 0.6 is 0 Å². The van der Waals surface area contributed by atoms with Crippen molar-refractivity contribution in [2.24, 2.45) is 7.05 Å². The molecule has 0 bridgehead atoms. The number of benzene rings is 1. The molecule has 4 nitrogen and oxygen atoms in total. The van der Waals surface area contributed by atoms with E-state index in [-0.39, 0.29) is 6.04 Å². The predicted molar refractivity (Wildman–Crippen MR) is 81.7 cm³/mol. The average Bonchev–Trinajstić information content (AvgIpc) is 2.79. The molecular formula is C16H18N4. The third-order valence-electron chi connectivity index (χ3n) is 3.59. The number of hydrogen-bond donors (Lipinski definition) is 1. The Morgan fingerprint density at radius 1 is 1.15 bits per heavy atom. The summed E-state index contributed by atoms with van der Waals surface area (Å²) in [5.41, 5.74) is 4.23. The molecule has 0 spiro atoms. The van der Waals surface area contributed by atoms with Crippen LogP contribution in [0, 0.1) is 6.92 Å². The molecule has 0 saturated carbocycles. The average molecular weight is 266 g/mol. The van der Waals surface area contributed by atoms with Gasteiger partial charge < -0.3 is 9.88 Å². The lowest BCUT2D eigenvalue weighted by atomic mass is 10.2. The van der Waals surface area contributed by atoms with Crippen molar-refractivity contribution < 1.29 is 0 Å². The van der Waals surface area contributed by atoms with Crippen LogP contribution in [0.3, 0.4) is 0 Å². The van der Waals surface area contributed by atoms with Gasteiger partial charge in [0.15, 0.2) is 0 Å². The molecule has 102 valence electrons. The number of imidazole rings is 1. The number of rotatable bonds is 3. The fourth-order valence-corrected chi connectivity index (χ4v) is 2.49. The maximum atomic E-state index is 4.72. The molecule has 20 heavy (non-hydrogen) atoms. The summed E-state index contributed by atoms with van der Waals surface area (Å²) in [4.78, 5) is 9.02. The highest BCUT2D eigenvalue weighted by Crippen LogP contribution is 2.23. The lowest BCUT2D eigenvalue weighted by Crippen LogP contribution is -2.13. The van der Waals surface area contributed by atoms with E-state index < -0.39 is 0 Å². The topological polar surface area (TPSA) is 42.7 Å². The lowest BCUT2D eigenvalue weighted by Gasteiger charge is -2.16. The Morgan fingerprint density at radius 2 is 1.95 bits per heavy atom. The van der Waals surface area contributed by atoms with E-state index in [0.717, 1.165) is 28.2 Å². The van der Waals surface area contributed by atoms with E-state index in [1.807, 2.05) is 37.3 Å². The first-order chi connectivity index (χ1) is 9.66. The van der Waals surface area contributed by atoms with Gasteiger partial charge in [0.1, 0.15) is 5.82 Å². The van der Waals surface area contributed by atoms with E-state index in [2.05, 4.69) is 34.9 Å². The predicted octanol–water partition coefficient (Wildman–Crippen LogP) is 3.45. The highest BCUT2D eigenvalue weighted by molar-refractivity contribution is 5.76. The number of nitrogens with one attached hydrogen (secondary N) is 1. The molecule has 3 aromatic rings. The summed E-state index contributed by atoms with van der Waals surface area (Å²) >= 11 is 0. The van der Waals surface area contributed by atoms with Gasteiger partial charge >= 0.3 is 0 Å². The normalized spacial score (nSPS) is 12.6. The minimum atomic E-state index is 0.121. The van der Waals surface area contributed by atoms with E-state index in [4.69, 9.17) is 4.98 Å². The molecule has 0 aliphatic heterocycles. The van der Waals surface area contributed by atoms with Gasteiger partial charge in [-0.1, -0.05) is 12.1 Å². The monoisotopic (exact) mass is 266 g/mol. The number of pyridine rings is 1. The Balaban J connectivity index is 1.95. The molecule has 2 aromatic heterocycles. The smallest absolute Gasteiger partial charge is 0.131 e. The number of aromatic nitrogens is 3. The molecule has 4 heteroatoms. The number of fused-ring (bicyclic) bond motifs is 1. The Labute approximate surface area is 118 Å². The number of aryl methyl sites for hydroxylation is 2. The number of anilines is 1. The molecule has 0 saturated heterocycles. The van der Waals surface area contributed by atoms with Gasteiger partial charge in [-0.05, 0) is 38.1 Å². The van der Waals surface area contributed by atoms with Gasteiger partial charge in [0.2, 0.25) is 0 Å². The second-order valence-corrected chi connectivity index (χ2v) is 5.02. The summed E-state index contributed by atoms with van der Waals surface area (Å²) in [5, 5.41) is 3.48. The number of para-hydroxylation sites is 2. The largest absolute Gasteiger partial charge is 0.374 e. The Kier molecular flexibility index (Phi) is 3.14. The van der Waals surface area contributed by atoms with Crippen molar-refractivity contribution in [1.29, 1.82) is 0 Å². The van der Waals surface area contributed by atoms with Gasteiger partial charge in [0.25, 0.3) is 0 Å². The maximum Gasteiger partial charge on any atom is 0.131 e. The Hall–Kier alpha value is -2.36. The van der Waals surface area contributed by atoms with Crippen LogP contribution < -0.4 is 5.32 Å². The molecule has 0 amide bonds. The molecule has 3 rings (SSSR count). The molecule has 1 atom stereocenters. The highest BCUT2D eigenvalue weighted by atomic mass is 15.1. The van der Waals surface area contributed by atoms with E-state index >= 15 is 0 Å². The second kappa shape index (κ2) is 4.96. The zero-order valence-electron chi connectivity index (χ0n) is 12.0. The van der Waals surface area contributed by atoms with E-state index in [1.54, 1.807) is 6.20 Å². The highest BCUT2D eigenvalue weighted by Gasteiger charge is 2.14. The molecule has 0 aliphatic carbocycles. The first-order valence-corrected chi connectivity index (χ1v) is 6.76. The molecular weight excluding hydrogens is 248 g/mol. The fraction of sp³-hybridized carbons (Fsp3) is 0.250. The van der Waals surface area contributed by atoms with Gasteiger partial charge in [-0.2, -0.15) is 0 Å². The quantitative estimate of drug-likeness (QED) is 0.789. The molecule has 1 aromatic carbocycles. The van der Waals surface area contributed by atoms with Crippen molar-refractivity contribution in [3.05, 3.63) is 54.1 Å². The van der Waals surface area contributed by atoms with Crippen LogP contribution in [0.2, 0.25) is 0 Å². The van der Waals surface area contributed by atoms with E-state index in [1.165, 1.54) is 0 Å². The standard InChI is InChI=1S/C16H18N4/c1-11-13(8-6-10-17-11)18-12(2)16-19-14-7-4-5-9-15(14)20(16)3/h4-10,12,18H,1-3H3. The molecule has 0 aliphatic rings. The van der Waals surface area contributed by atoms with Crippen molar-refractivity contribution in [2.45, 2.75) is 19.9 Å². The summed E-state index contributed by atoms with van der Waals surface area (Å²) in [7, 11) is 2.05. The van der Waals surface area contributed by atoms with Crippen molar-refractivity contribution in [3.8, 4) is 0 Å². The van der Waals surface area contributed by atoms with Gasteiger partial charge in [-0.3, -0.25) is 4.98 Å². The van der Waals surface area contributed by atoms with Crippen molar-refractivity contribution in [1.82, 2.24) is 14.5 Å². The van der Waals surface area contributed by atoms with Crippen LogP contribution in [0.5, 0.6) is 0 Å². The van der Waals surface area contributed by atoms with Crippen LogP contribution in [-0.2, 0) is 7.05 Å². The molecule has 2 heterocycles. The lowest BCUT2D eigenvalue weighted by molar-refractivity contribution is 0.732. The first-order valence-electron chi connectivity index (χ1n) is 6.76. The molecule has 1 unspecified atom stereocenters. The van der Waals surface area contributed by atoms with Crippen molar-refractivity contribution >= 4 is 16.7 Å². The Morgan fingerprint density at radius 3 is 2.70 bits per heavy atom. The van der Waals surface area contributed by atoms with Gasteiger partial charge in [-0.15, -0.1) is 0 Å². The SMILES string of the molecule is Cc1ncccc1NC(C)c1nc2ccccc2n1C. The first kappa shape index (κ1) is 12.7. The van der Waals surface area contributed by atoms with Gasteiger partial charge in [-0.25, -0.2) is 4.98 Å². The van der Waals surface area contributed by atoms with Crippen molar-refractivity contribution in [3.63, 3.8) is 0 Å². The zero-order chi connectivity index (χ0) is 14.1. The molecule has 1 N–H and O–H groups in total. The Bertz CT molecular complexity index is 745. The maximum absolute atomic E-state index is 4.72. The summed E-state index contributed by atoms with van der Waals surface area (Å²) in [6.45, 7) is 4.12. The van der Waals surface area contributed by atoms with Crippen LogP contribution in [0.25, 0.3) is 11.0 Å². The minimum absolute atomic E-state index is 0.121. The summed E-state index contributed by atoms with van der Waals surface area (Å²) in [6, 6.07) is 12.3. The minimum Gasteiger partial charge on any atom is -0.374 e. The van der Waals surface area contributed by atoms with Crippen LogP contribution in [-0.4, -0.2) is 14.5 Å². The third-order valence-corrected chi connectivity index (χ3v) is 3.59. The summed E-state index contributed by atoms with van der Waals surface area (Å²) in [6.07, 6.45) is 1.81. The van der Waals surface area contributed by atoms with Gasteiger partial charge in [0, 0.05) is 13.2 Å². The second-order valence-electron chi connectivity index (χ2n) is 5.02. The van der Waals surface area contributed by atoms with Crippen LogP contribution in [0.4, 0.5) is 5.69 Å². The van der Waals surface area contributed by atoms with Crippen LogP contribution in [0.1, 0.15) is 24.5 Å². The molecule has 0 fully saturated rings.